The van der Waals surface area contributed by atoms with E-state index < -0.39 is 11.0 Å². The topological polar surface area (TPSA) is 132 Å². The lowest BCUT2D eigenvalue weighted by Crippen LogP contribution is -2.32. The summed E-state index contributed by atoms with van der Waals surface area (Å²) in [5.41, 5.74) is 1.23. The monoisotopic (exact) mass is 590 g/mol. The molecule has 10 nitrogen and oxygen atoms in total. The highest BCUT2D eigenvalue weighted by molar-refractivity contribution is 7.99. The Balaban J connectivity index is 1.79. The van der Waals surface area contributed by atoms with Gasteiger partial charge in [-0.3, -0.25) is 19.7 Å². The molecule has 2 N–H and O–H groups in total. The van der Waals surface area contributed by atoms with Gasteiger partial charge in [0.05, 0.1) is 33.0 Å². The molecule has 206 valence electrons. The van der Waals surface area contributed by atoms with E-state index in [1.807, 2.05) is 13.8 Å². The van der Waals surface area contributed by atoms with Gasteiger partial charge in [-0.05, 0) is 43.0 Å². The van der Waals surface area contributed by atoms with Crippen molar-refractivity contribution in [3.05, 3.63) is 86.2 Å². The number of hydrogen-bond donors (Lipinski definition) is 2. The Kier molecular flexibility index (Phi) is 10.5. The first-order valence-corrected chi connectivity index (χ1v) is 13.7. The second-order valence-electron chi connectivity index (χ2n) is 9.11. The minimum absolute atomic E-state index is 0.0149. The van der Waals surface area contributed by atoms with E-state index in [4.69, 9.17) is 23.2 Å². The number of thioether (sulfide) groups is 1. The number of anilines is 1. The largest absolute Gasteiger partial charge is 0.342 e. The number of halogens is 2. The number of rotatable bonds is 12. The second kappa shape index (κ2) is 13.6. The van der Waals surface area contributed by atoms with Crippen molar-refractivity contribution in [3.63, 3.8) is 0 Å². The highest BCUT2D eigenvalue weighted by Crippen LogP contribution is 2.28. The van der Waals surface area contributed by atoms with Crippen LogP contribution in [-0.2, 0) is 11.3 Å². The zero-order chi connectivity index (χ0) is 28.7. The van der Waals surface area contributed by atoms with Gasteiger partial charge < -0.3 is 15.2 Å². The Bertz CT molecular complexity index is 1390. The zero-order valence-electron chi connectivity index (χ0n) is 21.6. The average Bonchev–Trinajstić information content (AvgIpc) is 3.25. The molecule has 0 unspecified atom stereocenters. The van der Waals surface area contributed by atoms with E-state index in [1.165, 1.54) is 18.2 Å². The number of amides is 2. The van der Waals surface area contributed by atoms with Gasteiger partial charge in [0, 0.05) is 23.7 Å². The third-order valence-corrected chi connectivity index (χ3v) is 7.11. The van der Waals surface area contributed by atoms with Gasteiger partial charge in [0.15, 0.2) is 11.0 Å². The van der Waals surface area contributed by atoms with Crippen molar-refractivity contribution in [2.24, 2.45) is 5.92 Å². The summed E-state index contributed by atoms with van der Waals surface area (Å²) in [4.78, 5) is 36.3. The van der Waals surface area contributed by atoms with Crippen molar-refractivity contribution in [2.75, 3.05) is 11.1 Å². The third kappa shape index (κ3) is 8.04. The van der Waals surface area contributed by atoms with E-state index in [2.05, 4.69) is 27.4 Å². The molecule has 0 saturated heterocycles. The van der Waals surface area contributed by atoms with Crippen LogP contribution >= 0.6 is 35.0 Å². The second-order valence-corrected chi connectivity index (χ2v) is 10.9. The minimum Gasteiger partial charge on any atom is -0.342 e. The van der Waals surface area contributed by atoms with E-state index in [9.17, 15) is 19.7 Å². The summed E-state index contributed by atoms with van der Waals surface area (Å²) >= 11 is 13.4. The molecule has 1 aromatic heterocycles. The first-order chi connectivity index (χ1) is 18.5. The number of benzene rings is 2. The highest BCUT2D eigenvalue weighted by Gasteiger charge is 2.25. The van der Waals surface area contributed by atoms with Gasteiger partial charge in [0.2, 0.25) is 5.91 Å². The van der Waals surface area contributed by atoms with Crippen molar-refractivity contribution in [1.29, 1.82) is 0 Å². The van der Waals surface area contributed by atoms with Crippen LogP contribution in [0, 0.1) is 23.0 Å². The van der Waals surface area contributed by atoms with E-state index in [0.717, 1.165) is 11.8 Å². The van der Waals surface area contributed by atoms with Crippen molar-refractivity contribution in [2.45, 2.75) is 44.9 Å². The summed E-state index contributed by atoms with van der Waals surface area (Å²) in [6.45, 7) is 9.96. The highest BCUT2D eigenvalue weighted by atomic mass is 35.5. The first-order valence-electron chi connectivity index (χ1n) is 12.0. The van der Waals surface area contributed by atoms with E-state index >= 15 is 0 Å². The van der Waals surface area contributed by atoms with E-state index in [1.54, 1.807) is 35.8 Å². The van der Waals surface area contributed by atoms with E-state index in [-0.39, 0.29) is 39.8 Å². The number of nitrogens with zero attached hydrogens (tertiary/aromatic N) is 4. The predicted octanol–water partition coefficient (Wildman–Crippen LogP) is 6.24. The van der Waals surface area contributed by atoms with Gasteiger partial charge in [0.25, 0.3) is 11.6 Å². The number of nitrogens with one attached hydrogen (secondary N) is 2. The van der Waals surface area contributed by atoms with Crippen molar-refractivity contribution < 1.29 is 14.5 Å². The van der Waals surface area contributed by atoms with Crippen LogP contribution in [0.25, 0.3) is 0 Å². The van der Waals surface area contributed by atoms with Crippen molar-refractivity contribution >= 4 is 58.2 Å². The van der Waals surface area contributed by atoms with Crippen LogP contribution in [0.1, 0.15) is 48.1 Å². The molecule has 3 aromatic rings. The fourth-order valence-corrected chi connectivity index (χ4v) is 5.00. The van der Waals surface area contributed by atoms with Crippen LogP contribution in [0.3, 0.4) is 0 Å². The summed E-state index contributed by atoms with van der Waals surface area (Å²) in [6, 6.07) is 8.44. The molecule has 39 heavy (non-hydrogen) atoms. The van der Waals surface area contributed by atoms with Gasteiger partial charge in [-0.2, -0.15) is 0 Å². The van der Waals surface area contributed by atoms with Crippen LogP contribution in [-0.4, -0.2) is 37.3 Å². The smallest absolute Gasteiger partial charge is 0.271 e. The zero-order valence-corrected chi connectivity index (χ0v) is 23.9. The molecule has 2 amide bonds. The number of aryl methyl sites for hydroxylation is 1. The number of carbonyl (C=O) groups is 2. The Hall–Kier alpha value is -3.41. The summed E-state index contributed by atoms with van der Waals surface area (Å²) in [6.07, 6.45) is 2.25. The summed E-state index contributed by atoms with van der Waals surface area (Å²) in [5.74, 6) is -0.0255. The van der Waals surface area contributed by atoms with Gasteiger partial charge in [-0.1, -0.05) is 61.0 Å². The lowest BCUT2D eigenvalue weighted by atomic mass is 10.0. The number of hydrogen-bond acceptors (Lipinski definition) is 7. The Morgan fingerprint density at radius 3 is 2.59 bits per heavy atom. The van der Waals surface area contributed by atoms with Crippen molar-refractivity contribution in [1.82, 2.24) is 20.1 Å². The fourth-order valence-electron chi connectivity index (χ4n) is 3.75. The molecule has 0 fully saturated rings. The number of allylic oxidation sites excluding steroid dienone is 1. The van der Waals surface area contributed by atoms with Gasteiger partial charge in [-0.15, -0.1) is 16.8 Å². The Labute approximate surface area is 240 Å². The molecule has 0 radical (unpaired) electrons. The lowest BCUT2D eigenvalue weighted by molar-refractivity contribution is -0.384. The number of carbonyl (C=O) groups excluding carboxylic acids is 2. The maximum absolute atomic E-state index is 13.1. The Morgan fingerprint density at radius 2 is 1.95 bits per heavy atom. The lowest BCUT2D eigenvalue weighted by Gasteiger charge is -2.21. The van der Waals surface area contributed by atoms with Crippen LogP contribution in [0.2, 0.25) is 10.0 Å². The maximum Gasteiger partial charge on any atom is 0.271 e. The number of nitro benzene ring substituents is 1. The molecule has 1 atom stereocenters. The molecule has 2 aromatic carbocycles. The molecule has 0 bridgehead atoms. The first kappa shape index (κ1) is 30.1. The van der Waals surface area contributed by atoms with Crippen LogP contribution in [0.15, 0.2) is 54.2 Å². The molecule has 0 aliphatic heterocycles. The SMILES string of the molecule is C=CCn1c(SCC(=O)Nc2cc([N+](=O)[O-])ccc2C)nnc1[C@H](CC(C)C)NC(=O)c1ccc(Cl)cc1Cl. The molecule has 1 heterocycles. The molecular formula is C26H28Cl2N6O4S. The van der Waals surface area contributed by atoms with Gasteiger partial charge in [-0.25, -0.2) is 0 Å². The van der Waals surface area contributed by atoms with Crippen LogP contribution in [0.5, 0.6) is 0 Å². The fraction of sp³-hybridized carbons (Fsp3) is 0.308. The summed E-state index contributed by atoms with van der Waals surface area (Å²) < 4.78 is 1.79. The van der Waals surface area contributed by atoms with Gasteiger partial charge in [0.1, 0.15) is 0 Å². The summed E-state index contributed by atoms with van der Waals surface area (Å²) in [7, 11) is 0. The molecule has 0 aliphatic rings. The normalized spacial score (nSPS) is 11.7. The molecule has 0 aliphatic carbocycles. The third-order valence-electron chi connectivity index (χ3n) is 5.60. The molecule has 0 saturated carbocycles. The van der Waals surface area contributed by atoms with Crippen LogP contribution in [0.4, 0.5) is 11.4 Å². The minimum atomic E-state index is -0.517. The number of nitro groups is 1. The Morgan fingerprint density at radius 1 is 1.21 bits per heavy atom. The van der Waals surface area contributed by atoms with E-state index in [0.29, 0.717) is 40.2 Å². The van der Waals surface area contributed by atoms with Crippen LogP contribution < -0.4 is 10.6 Å². The van der Waals surface area contributed by atoms with Gasteiger partial charge >= 0.3 is 0 Å². The quantitative estimate of drug-likeness (QED) is 0.110. The molecule has 13 heteroatoms. The number of non-ortho nitro benzene ring substituents is 1. The maximum atomic E-state index is 13.1. The summed E-state index contributed by atoms with van der Waals surface area (Å²) in [5, 5.41) is 26.5. The van der Waals surface area contributed by atoms with Crippen molar-refractivity contribution in [3.8, 4) is 0 Å². The number of aromatic nitrogens is 3. The molecular weight excluding hydrogens is 563 g/mol. The average molecular weight is 592 g/mol. The molecule has 3 rings (SSSR count). The predicted molar refractivity (Wildman–Crippen MR) is 154 cm³/mol. The standard InChI is InChI=1S/C26H28Cl2N6O4S/c1-5-10-33-24(22(11-15(2)3)30-25(36)19-9-7-17(27)12-20(19)28)31-32-26(33)39-14-23(35)29-21-13-18(34(37)38)8-6-16(21)4/h5-9,12-13,15,22H,1,10-11,14H2,2-4H3,(H,29,35)(H,30,36)/t22-/m0/s1. The molecule has 0 spiro atoms.